The Kier molecular flexibility index (Phi) is 9.67. The second-order valence-corrected chi connectivity index (χ2v) is 11.2. The smallest absolute Gasteiger partial charge is 0.271 e. The Balaban J connectivity index is 1.96. The van der Waals surface area contributed by atoms with Crippen molar-refractivity contribution in [2.75, 3.05) is 24.2 Å². The third kappa shape index (κ3) is 7.44. The van der Waals surface area contributed by atoms with E-state index in [-0.39, 0.29) is 29.9 Å². The lowest BCUT2D eigenvalue weighted by Gasteiger charge is -2.33. The first-order valence-corrected chi connectivity index (χ1v) is 14.3. The van der Waals surface area contributed by atoms with E-state index in [1.807, 2.05) is 0 Å². The lowest BCUT2D eigenvalue weighted by atomic mass is 10.1. The number of methoxy groups -OCH3 is 1. The van der Waals surface area contributed by atoms with Crippen LogP contribution in [0.4, 0.5) is 11.4 Å². The number of carbonyl (C=O) groups excluding carboxylic acids is 2. The number of sulfonamides is 1. The van der Waals surface area contributed by atoms with Crippen molar-refractivity contribution in [1.29, 1.82) is 0 Å². The van der Waals surface area contributed by atoms with Gasteiger partial charge in [-0.05, 0) is 43.0 Å². The van der Waals surface area contributed by atoms with Gasteiger partial charge in [-0.15, -0.1) is 0 Å². The molecular formula is C26H34N4O7S. The standard InChI is InChI=1S/C26H34N4O7S/c1-4-24(26(32)27-20-10-5-6-11-20)28(17-19-9-7-14-23(15-19)37-2)25(31)18-29(38(3,35)36)21-12-8-13-22(16-21)30(33)34/h7-9,12-16,20,24H,4-6,10-11,17-18H2,1-3H3,(H,27,32). The summed E-state index contributed by atoms with van der Waals surface area (Å²) in [6.45, 7) is 1.20. The number of hydrogen-bond donors (Lipinski definition) is 1. The summed E-state index contributed by atoms with van der Waals surface area (Å²) in [5.74, 6) is -0.331. The number of nitro groups is 1. The molecule has 1 saturated carbocycles. The number of amides is 2. The summed E-state index contributed by atoms with van der Waals surface area (Å²) >= 11 is 0. The number of nitrogens with zero attached hydrogens (tertiary/aromatic N) is 3. The van der Waals surface area contributed by atoms with Gasteiger partial charge in [0.1, 0.15) is 18.3 Å². The van der Waals surface area contributed by atoms with Gasteiger partial charge >= 0.3 is 0 Å². The van der Waals surface area contributed by atoms with Gasteiger partial charge in [0, 0.05) is 24.7 Å². The molecule has 0 bridgehead atoms. The highest BCUT2D eigenvalue weighted by Gasteiger charge is 2.33. The predicted octanol–water partition coefficient (Wildman–Crippen LogP) is 3.24. The van der Waals surface area contributed by atoms with Crippen LogP contribution in [0.25, 0.3) is 0 Å². The van der Waals surface area contributed by atoms with Crippen molar-refractivity contribution < 1.29 is 27.7 Å². The predicted molar refractivity (Wildman–Crippen MR) is 143 cm³/mol. The van der Waals surface area contributed by atoms with Crippen LogP contribution in [-0.4, -0.2) is 62.0 Å². The van der Waals surface area contributed by atoms with Gasteiger partial charge in [-0.2, -0.15) is 0 Å². The van der Waals surface area contributed by atoms with Crippen molar-refractivity contribution in [2.45, 2.75) is 57.7 Å². The molecule has 0 aromatic heterocycles. The molecule has 11 nitrogen and oxygen atoms in total. The molecule has 1 atom stereocenters. The van der Waals surface area contributed by atoms with E-state index in [2.05, 4.69) is 5.32 Å². The molecule has 0 heterocycles. The van der Waals surface area contributed by atoms with Gasteiger partial charge in [-0.3, -0.25) is 24.0 Å². The molecule has 2 amide bonds. The Bertz CT molecular complexity index is 1260. The molecule has 0 saturated heterocycles. The third-order valence-electron chi connectivity index (χ3n) is 6.58. The first-order valence-electron chi connectivity index (χ1n) is 12.5. The molecule has 38 heavy (non-hydrogen) atoms. The van der Waals surface area contributed by atoms with Crippen LogP contribution in [0.2, 0.25) is 0 Å². The minimum atomic E-state index is -4.00. The first kappa shape index (κ1) is 28.9. The van der Waals surface area contributed by atoms with Gasteiger partial charge in [0.15, 0.2) is 0 Å². The molecule has 2 aromatic rings. The number of carbonyl (C=O) groups is 2. The van der Waals surface area contributed by atoms with Crippen LogP contribution in [0.1, 0.15) is 44.6 Å². The van der Waals surface area contributed by atoms with Crippen molar-refractivity contribution in [3.8, 4) is 5.75 Å². The van der Waals surface area contributed by atoms with Crippen molar-refractivity contribution >= 4 is 33.2 Å². The lowest BCUT2D eigenvalue weighted by molar-refractivity contribution is -0.384. The third-order valence-corrected chi connectivity index (χ3v) is 7.72. The summed E-state index contributed by atoms with van der Waals surface area (Å²) < 4.78 is 31.5. The molecule has 206 valence electrons. The van der Waals surface area contributed by atoms with Crippen LogP contribution in [0.3, 0.4) is 0 Å². The van der Waals surface area contributed by atoms with Gasteiger partial charge in [-0.25, -0.2) is 8.42 Å². The number of nitro benzene ring substituents is 1. The van der Waals surface area contributed by atoms with Crippen molar-refractivity contribution in [3.05, 3.63) is 64.2 Å². The second-order valence-electron chi connectivity index (χ2n) is 9.33. The maximum atomic E-state index is 13.8. The summed E-state index contributed by atoms with van der Waals surface area (Å²) in [6.07, 6.45) is 5.04. The van der Waals surface area contributed by atoms with Gasteiger partial charge in [0.05, 0.1) is 24.0 Å². The topological polar surface area (TPSA) is 139 Å². The van der Waals surface area contributed by atoms with Gasteiger partial charge in [-0.1, -0.05) is 38.0 Å². The summed E-state index contributed by atoms with van der Waals surface area (Å²) in [5, 5.41) is 14.3. The molecule has 1 N–H and O–H groups in total. The van der Waals surface area contributed by atoms with Crippen LogP contribution in [0, 0.1) is 10.1 Å². The lowest BCUT2D eigenvalue weighted by Crippen LogP contribution is -2.53. The van der Waals surface area contributed by atoms with E-state index < -0.39 is 33.4 Å². The van der Waals surface area contributed by atoms with E-state index >= 15 is 0 Å². The number of benzene rings is 2. The van der Waals surface area contributed by atoms with Crippen LogP contribution in [0.15, 0.2) is 48.5 Å². The molecule has 1 fully saturated rings. The number of ether oxygens (including phenoxy) is 1. The van der Waals surface area contributed by atoms with E-state index in [4.69, 9.17) is 4.74 Å². The normalized spacial score (nSPS) is 14.5. The second kappa shape index (κ2) is 12.7. The molecular weight excluding hydrogens is 512 g/mol. The van der Waals surface area contributed by atoms with Crippen molar-refractivity contribution in [1.82, 2.24) is 10.2 Å². The molecule has 1 aliphatic rings. The van der Waals surface area contributed by atoms with Gasteiger partial charge in [0.25, 0.3) is 5.69 Å². The SMILES string of the molecule is CCC(C(=O)NC1CCCC1)N(Cc1cccc(OC)c1)C(=O)CN(c1cccc([N+](=O)[O-])c1)S(C)(=O)=O. The molecule has 3 rings (SSSR count). The van der Waals surface area contributed by atoms with Crippen molar-refractivity contribution in [3.63, 3.8) is 0 Å². The summed E-state index contributed by atoms with van der Waals surface area (Å²) in [6, 6.07) is 11.3. The van der Waals surface area contributed by atoms with E-state index in [1.165, 1.54) is 30.2 Å². The van der Waals surface area contributed by atoms with E-state index in [1.54, 1.807) is 31.2 Å². The Hall–Kier alpha value is -3.67. The first-order chi connectivity index (χ1) is 18.0. The monoisotopic (exact) mass is 546 g/mol. The minimum absolute atomic E-state index is 0.0140. The van der Waals surface area contributed by atoms with E-state index in [0.29, 0.717) is 17.7 Å². The maximum absolute atomic E-state index is 13.8. The van der Waals surface area contributed by atoms with Gasteiger partial charge in [0.2, 0.25) is 21.8 Å². The fourth-order valence-electron chi connectivity index (χ4n) is 4.63. The molecule has 2 aromatic carbocycles. The minimum Gasteiger partial charge on any atom is -0.497 e. The highest BCUT2D eigenvalue weighted by Crippen LogP contribution is 2.25. The van der Waals surface area contributed by atoms with Gasteiger partial charge < -0.3 is 15.0 Å². The summed E-state index contributed by atoms with van der Waals surface area (Å²) in [4.78, 5) is 39.1. The summed E-state index contributed by atoms with van der Waals surface area (Å²) in [5.41, 5.74) is 0.380. The maximum Gasteiger partial charge on any atom is 0.271 e. The molecule has 12 heteroatoms. The Morgan fingerprint density at radius 1 is 1.16 bits per heavy atom. The zero-order valence-corrected chi connectivity index (χ0v) is 22.6. The average molecular weight is 547 g/mol. The number of non-ortho nitro benzene ring substituents is 1. The number of nitrogens with one attached hydrogen (secondary N) is 1. The Labute approximate surface area is 223 Å². The quantitative estimate of drug-likeness (QED) is 0.318. The van der Waals surface area contributed by atoms with Crippen LogP contribution in [-0.2, 0) is 26.2 Å². The highest BCUT2D eigenvalue weighted by molar-refractivity contribution is 7.92. The Morgan fingerprint density at radius 2 is 1.84 bits per heavy atom. The highest BCUT2D eigenvalue weighted by atomic mass is 32.2. The fraction of sp³-hybridized carbons (Fsp3) is 0.462. The molecule has 1 aliphatic carbocycles. The largest absolute Gasteiger partial charge is 0.497 e. The van der Waals surface area contributed by atoms with E-state index in [9.17, 15) is 28.1 Å². The number of rotatable bonds is 12. The Morgan fingerprint density at radius 3 is 2.45 bits per heavy atom. The molecule has 0 aliphatic heterocycles. The summed E-state index contributed by atoms with van der Waals surface area (Å²) in [7, 11) is -2.48. The van der Waals surface area contributed by atoms with Crippen LogP contribution in [0.5, 0.6) is 5.75 Å². The molecule has 0 spiro atoms. The zero-order chi connectivity index (χ0) is 27.9. The fourth-order valence-corrected chi connectivity index (χ4v) is 5.47. The molecule has 0 radical (unpaired) electrons. The number of anilines is 1. The average Bonchev–Trinajstić information content (AvgIpc) is 3.39. The number of hydrogen-bond acceptors (Lipinski definition) is 7. The zero-order valence-electron chi connectivity index (χ0n) is 21.8. The molecule has 1 unspecified atom stereocenters. The van der Waals surface area contributed by atoms with Crippen molar-refractivity contribution in [2.24, 2.45) is 0 Å². The van der Waals surface area contributed by atoms with E-state index in [0.717, 1.165) is 42.3 Å². The van der Waals surface area contributed by atoms with Crippen LogP contribution < -0.4 is 14.4 Å². The van der Waals surface area contributed by atoms with Crippen LogP contribution >= 0.6 is 0 Å².